The van der Waals surface area contributed by atoms with Gasteiger partial charge in [-0.25, -0.2) is 0 Å². The third kappa shape index (κ3) is 4.77. The Labute approximate surface area is 120 Å². The lowest BCUT2D eigenvalue weighted by molar-refractivity contribution is 0.0116. The molecule has 0 aromatic rings. The van der Waals surface area contributed by atoms with Crippen molar-refractivity contribution >= 4 is 0 Å². The molecule has 0 aromatic carbocycles. The number of aliphatic hydroxyl groups is 1. The van der Waals surface area contributed by atoms with Crippen molar-refractivity contribution in [1.82, 2.24) is 0 Å². The molecule has 0 spiro atoms. The zero-order valence-corrected chi connectivity index (χ0v) is 12.9. The predicted octanol–water partition coefficient (Wildman–Crippen LogP) is 5.31. The van der Waals surface area contributed by atoms with Crippen LogP contribution in [-0.2, 0) is 0 Å². The molecule has 1 heteroatoms. The maximum atomic E-state index is 10.6. The molecule has 1 N–H and O–H groups in total. The maximum absolute atomic E-state index is 10.6. The number of rotatable bonds is 6. The van der Waals surface area contributed by atoms with E-state index in [4.69, 9.17) is 0 Å². The van der Waals surface area contributed by atoms with E-state index in [-0.39, 0.29) is 6.10 Å². The van der Waals surface area contributed by atoms with Gasteiger partial charge < -0.3 is 5.11 Å². The molecule has 1 unspecified atom stereocenters. The molecule has 0 radical (unpaired) electrons. The van der Waals surface area contributed by atoms with E-state index in [1.54, 1.807) is 0 Å². The fourth-order valence-electron chi connectivity index (χ4n) is 4.36. The summed E-state index contributed by atoms with van der Waals surface area (Å²) in [5.74, 6) is 2.24. The molecule has 2 aliphatic carbocycles. The molecule has 0 aromatic heterocycles. The summed E-state index contributed by atoms with van der Waals surface area (Å²) in [6.45, 7) is 2.29. The van der Waals surface area contributed by atoms with Crippen LogP contribution in [0.3, 0.4) is 0 Å². The van der Waals surface area contributed by atoms with Crippen molar-refractivity contribution in [3.8, 4) is 0 Å². The third-order valence-corrected chi connectivity index (χ3v) is 5.72. The lowest BCUT2D eigenvalue weighted by Gasteiger charge is -2.36. The van der Waals surface area contributed by atoms with Crippen LogP contribution in [0.1, 0.15) is 90.4 Å². The normalized spacial score (nSPS) is 31.3. The highest BCUT2D eigenvalue weighted by Crippen LogP contribution is 2.38. The van der Waals surface area contributed by atoms with E-state index >= 15 is 0 Å². The molecule has 112 valence electrons. The second-order valence-electron chi connectivity index (χ2n) is 7.17. The average Bonchev–Trinajstić information content (AvgIpc) is 2.48. The second kappa shape index (κ2) is 8.29. The van der Waals surface area contributed by atoms with Gasteiger partial charge >= 0.3 is 0 Å². The lowest BCUT2D eigenvalue weighted by atomic mass is 9.72. The Kier molecular flexibility index (Phi) is 6.70. The first-order valence-electron chi connectivity index (χ1n) is 8.99. The second-order valence-corrected chi connectivity index (χ2v) is 7.17. The molecule has 2 aliphatic rings. The van der Waals surface area contributed by atoms with Crippen LogP contribution in [0.4, 0.5) is 0 Å². The van der Waals surface area contributed by atoms with Crippen LogP contribution in [0, 0.1) is 17.8 Å². The van der Waals surface area contributed by atoms with E-state index in [1.807, 2.05) is 0 Å². The third-order valence-electron chi connectivity index (χ3n) is 5.72. The van der Waals surface area contributed by atoms with Crippen molar-refractivity contribution in [2.45, 2.75) is 96.5 Å². The Morgan fingerprint density at radius 1 is 0.842 bits per heavy atom. The summed E-state index contributed by atoms with van der Waals surface area (Å²) in [5, 5.41) is 10.6. The molecule has 0 aliphatic heterocycles. The first-order chi connectivity index (χ1) is 9.31. The van der Waals surface area contributed by atoms with Crippen LogP contribution in [0.25, 0.3) is 0 Å². The summed E-state index contributed by atoms with van der Waals surface area (Å²) in [6.07, 6.45) is 17.7. The van der Waals surface area contributed by atoms with Gasteiger partial charge in [0.25, 0.3) is 0 Å². The Balaban J connectivity index is 1.67. The first-order valence-corrected chi connectivity index (χ1v) is 8.99. The highest BCUT2D eigenvalue weighted by atomic mass is 16.3. The van der Waals surface area contributed by atoms with Crippen LogP contribution in [0.2, 0.25) is 0 Å². The van der Waals surface area contributed by atoms with Gasteiger partial charge in [0.05, 0.1) is 6.10 Å². The van der Waals surface area contributed by atoms with Crippen LogP contribution in [0.5, 0.6) is 0 Å². The molecular formula is C18H34O. The van der Waals surface area contributed by atoms with E-state index in [0.717, 1.165) is 5.92 Å². The molecule has 1 nitrogen and oxygen atoms in total. The van der Waals surface area contributed by atoms with E-state index in [1.165, 1.54) is 83.5 Å². The minimum Gasteiger partial charge on any atom is -0.393 e. The smallest absolute Gasteiger partial charge is 0.0596 e. The number of hydrogen-bond acceptors (Lipinski definition) is 1. The molecule has 2 fully saturated rings. The summed E-state index contributed by atoms with van der Waals surface area (Å²) in [7, 11) is 0. The van der Waals surface area contributed by atoms with Crippen LogP contribution in [0.15, 0.2) is 0 Å². The summed E-state index contributed by atoms with van der Waals surface area (Å²) in [6, 6.07) is 0. The number of unbranched alkanes of at least 4 members (excludes halogenated alkanes) is 2. The summed E-state index contributed by atoms with van der Waals surface area (Å²) in [5.41, 5.74) is 0. The molecule has 0 heterocycles. The minimum absolute atomic E-state index is 0.0249. The van der Waals surface area contributed by atoms with Crippen LogP contribution < -0.4 is 0 Å². The van der Waals surface area contributed by atoms with Gasteiger partial charge in [-0.1, -0.05) is 64.7 Å². The largest absolute Gasteiger partial charge is 0.393 e. The van der Waals surface area contributed by atoms with Crippen molar-refractivity contribution in [3.63, 3.8) is 0 Å². The topological polar surface area (TPSA) is 20.2 Å². The molecule has 0 bridgehead atoms. The summed E-state index contributed by atoms with van der Waals surface area (Å²) < 4.78 is 0. The molecular weight excluding hydrogens is 232 g/mol. The van der Waals surface area contributed by atoms with Gasteiger partial charge in [-0.05, 0) is 43.4 Å². The van der Waals surface area contributed by atoms with Crippen molar-refractivity contribution < 1.29 is 5.11 Å². The number of aliphatic hydroxyl groups excluding tert-OH is 1. The van der Waals surface area contributed by atoms with Gasteiger partial charge in [0, 0.05) is 0 Å². The SMILES string of the molecule is CCCCCC1CCC(C(O)C2CCCCC2)CC1. The average molecular weight is 266 g/mol. The van der Waals surface area contributed by atoms with E-state index in [0.29, 0.717) is 11.8 Å². The van der Waals surface area contributed by atoms with Crippen molar-refractivity contribution in [3.05, 3.63) is 0 Å². The monoisotopic (exact) mass is 266 g/mol. The molecule has 1 atom stereocenters. The maximum Gasteiger partial charge on any atom is 0.0596 e. The predicted molar refractivity (Wildman–Crippen MR) is 82.2 cm³/mol. The molecule has 2 saturated carbocycles. The van der Waals surface area contributed by atoms with Gasteiger partial charge in [0.2, 0.25) is 0 Å². The summed E-state index contributed by atoms with van der Waals surface area (Å²) in [4.78, 5) is 0. The lowest BCUT2D eigenvalue weighted by Crippen LogP contribution is -2.33. The zero-order valence-electron chi connectivity index (χ0n) is 12.9. The van der Waals surface area contributed by atoms with E-state index in [2.05, 4.69) is 6.92 Å². The van der Waals surface area contributed by atoms with Gasteiger partial charge in [0.1, 0.15) is 0 Å². The fraction of sp³-hybridized carbons (Fsp3) is 1.00. The molecule has 19 heavy (non-hydrogen) atoms. The Bertz CT molecular complexity index is 224. The quantitative estimate of drug-likeness (QED) is 0.646. The Morgan fingerprint density at radius 3 is 2.11 bits per heavy atom. The van der Waals surface area contributed by atoms with Crippen molar-refractivity contribution in [1.29, 1.82) is 0 Å². The van der Waals surface area contributed by atoms with Gasteiger partial charge in [-0.2, -0.15) is 0 Å². The highest BCUT2D eigenvalue weighted by Gasteiger charge is 2.31. The molecule has 0 saturated heterocycles. The van der Waals surface area contributed by atoms with Crippen molar-refractivity contribution in [2.24, 2.45) is 17.8 Å². The van der Waals surface area contributed by atoms with E-state index in [9.17, 15) is 5.11 Å². The van der Waals surface area contributed by atoms with Crippen LogP contribution in [-0.4, -0.2) is 11.2 Å². The van der Waals surface area contributed by atoms with Gasteiger partial charge in [0.15, 0.2) is 0 Å². The standard InChI is InChI=1S/C18H34O/c1-2-3-5-8-15-11-13-17(14-12-15)18(19)16-9-6-4-7-10-16/h15-19H,2-14H2,1H3. The van der Waals surface area contributed by atoms with Crippen LogP contribution >= 0.6 is 0 Å². The fourth-order valence-corrected chi connectivity index (χ4v) is 4.36. The molecule has 0 amide bonds. The number of hydrogen-bond donors (Lipinski definition) is 1. The van der Waals surface area contributed by atoms with Gasteiger partial charge in [-0.3, -0.25) is 0 Å². The first kappa shape index (κ1) is 15.4. The minimum atomic E-state index is 0.0249. The Morgan fingerprint density at radius 2 is 1.47 bits per heavy atom. The molecule has 2 rings (SSSR count). The highest BCUT2D eigenvalue weighted by molar-refractivity contribution is 4.83. The van der Waals surface area contributed by atoms with E-state index < -0.39 is 0 Å². The zero-order chi connectivity index (χ0) is 13.5. The summed E-state index contributed by atoms with van der Waals surface area (Å²) >= 11 is 0. The Hall–Kier alpha value is -0.0400. The van der Waals surface area contributed by atoms with Crippen molar-refractivity contribution in [2.75, 3.05) is 0 Å². The van der Waals surface area contributed by atoms with Gasteiger partial charge in [-0.15, -0.1) is 0 Å².